The lowest BCUT2D eigenvalue weighted by atomic mass is 10.2. The van der Waals surface area contributed by atoms with Gasteiger partial charge in [0.1, 0.15) is 11.5 Å². The molecule has 3 aromatic rings. The van der Waals surface area contributed by atoms with Crippen LogP contribution in [0, 0.1) is 0 Å². The Bertz CT molecular complexity index is 916. The van der Waals surface area contributed by atoms with Crippen molar-refractivity contribution >= 4 is 35.1 Å². The smallest absolute Gasteiger partial charge is 0.322 e. The fraction of sp³-hybridized carbons (Fsp3) is 0.118. The van der Waals surface area contributed by atoms with Crippen LogP contribution in [0.2, 0.25) is 10.0 Å². The van der Waals surface area contributed by atoms with E-state index in [1.54, 1.807) is 36.4 Å². The van der Waals surface area contributed by atoms with E-state index in [-0.39, 0.29) is 11.9 Å². The summed E-state index contributed by atoms with van der Waals surface area (Å²) in [5.74, 6) is 0.679. The van der Waals surface area contributed by atoms with Gasteiger partial charge in [-0.3, -0.25) is 10.1 Å². The van der Waals surface area contributed by atoms with E-state index < -0.39 is 5.91 Å². The van der Waals surface area contributed by atoms with Crippen LogP contribution in [0.4, 0.5) is 6.01 Å². The monoisotopic (exact) mass is 393 g/mol. The van der Waals surface area contributed by atoms with Crippen molar-refractivity contribution in [3.8, 4) is 23.0 Å². The Hall–Kier alpha value is -2.77. The van der Waals surface area contributed by atoms with E-state index in [4.69, 9.17) is 37.1 Å². The van der Waals surface area contributed by atoms with Gasteiger partial charge in [0.25, 0.3) is 5.91 Å². The maximum atomic E-state index is 12.4. The quantitative estimate of drug-likeness (QED) is 0.694. The molecule has 134 valence electrons. The molecule has 0 unspecified atom stereocenters. The Balaban J connectivity index is 1.82. The molecule has 0 bridgehead atoms. The third kappa shape index (κ3) is 4.07. The van der Waals surface area contributed by atoms with Crippen LogP contribution >= 0.6 is 23.2 Å². The zero-order valence-electron chi connectivity index (χ0n) is 13.7. The number of anilines is 1. The molecule has 0 aliphatic carbocycles. The van der Waals surface area contributed by atoms with E-state index >= 15 is 0 Å². The van der Waals surface area contributed by atoms with E-state index in [0.717, 1.165) is 0 Å². The third-order valence-corrected chi connectivity index (χ3v) is 3.81. The highest BCUT2D eigenvalue weighted by Gasteiger charge is 2.15. The lowest BCUT2D eigenvalue weighted by Gasteiger charge is -2.07. The van der Waals surface area contributed by atoms with Crippen molar-refractivity contribution in [1.82, 2.24) is 10.2 Å². The number of ether oxygens (including phenoxy) is 2. The standard InChI is InChI=1S/C17H13Cl2N3O4/c1-24-13-5-9(6-14(8-13)25-2)15(23)20-17-22-21-16(26-17)10-3-11(18)7-12(19)4-10/h3-8H,1-2H3,(H,20,22,23). The highest BCUT2D eigenvalue weighted by molar-refractivity contribution is 6.35. The molecule has 1 amide bonds. The molecule has 2 aromatic carbocycles. The molecule has 7 nitrogen and oxygen atoms in total. The van der Waals surface area contributed by atoms with Crippen molar-refractivity contribution in [2.75, 3.05) is 19.5 Å². The molecule has 9 heteroatoms. The van der Waals surface area contributed by atoms with Gasteiger partial charge < -0.3 is 13.9 Å². The predicted octanol–water partition coefficient (Wildman–Crippen LogP) is 4.31. The Kier molecular flexibility index (Phi) is 5.29. The topological polar surface area (TPSA) is 86.5 Å². The Morgan fingerprint density at radius 1 is 0.962 bits per heavy atom. The number of benzene rings is 2. The Labute approximate surface area is 158 Å². The molecule has 0 radical (unpaired) electrons. The predicted molar refractivity (Wildman–Crippen MR) is 97.3 cm³/mol. The number of hydrogen-bond acceptors (Lipinski definition) is 6. The first-order valence-electron chi connectivity index (χ1n) is 7.33. The van der Waals surface area contributed by atoms with Crippen molar-refractivity contribution < 1.29 is 18.7 Å². The van der Waals surface area contributed by atoms with E-state index in [1.807, 2.05) is 0 Å². The minimum absolute atomic E-state index is 0.0668. The molecule has 0 aliphatic rings. The summed E-state index contributed by atoms with van der Waals surface area (Å²) in [5, 5.41) is 11.1. The minimum Gasteiger partial charge on any atom is -0.497 e. The highest BCUT2D eigenvalue weighted by atomic mass is 35.5. The van der Waals surface area contributed by atoms with Crippen molar-refractivity contribution in [3.63, 3.8) is 0 Å². The fourth-order valence-corrected chi connectivity index (χ4v) is 2.70. The molecule has 0 saturated carbocycles. The number of nitrogens with one attached hydrogen (secondary N) is 1. The zero-order chi connectivity index (χ0) is 18.7. The van der Waals surface area contributed by atoms with E-state index in [2.05, 4.69) is 15.5 Å². The SMILES string of the molecule is COc1cc(OC)cc(C(=O)Nc2nnc(-c3cc(Cl)cc(Cl)c3)o2)c1. The number of aromatic nitrogens is 2. The summed E-state index contributed by atoms with van der Waals surface area (Å²) in [4.78, 5) is 12.4. The molecule has 26 heavy (non-hydrogen) atoms. The summed E-state index contributed by atoms with van der Waals surface area (Å²) in [6, 6.07) is 9.55. The van der Waals surface area contributed by atoms with Crippen LogP contribution in [0.15, 0.2) is 40.8 Å². The Morgan fingerprint density at radius 2 is 1.58 bits per heavy atom. The van der Waals surface area contributed by atoms with Gasteiger partial charge in [-0.1, -0.05) is 28.3 Å². The van der Waals surface area contributed by atoms with Gasteiger partial charge in [0.05, 0.1) is 14.2 Å². The lowest BCUT2D eigenvalue weighted by Crippen LogP contribution is -2.12. The van der Waals surface area contributed by atoms with Gasteiger partial charge in [-0.05, 0) is 30.3 Å². The highest BCUT2D eigenvalue weighted by Crippen LogP contribution is 2.28. The van der Waals surface area contributed by atoms with Crippen molar-refractivity contribution in [2.45, 2.75) is 0 Å². The van der Waals surface area contributed by atoms with Crippen LogP contribution in [0.1, 0.15) is 10.4 Å². The van der Waals surface area contributed by atoms with Gasteiger partial charge in [-0.25, -0.2) is 0 Å². The van der Waals surface area contributed by atoms with Crippen LogP contribution < -0.4 is 14.8 Å². The molecule has 1 N–H and O–H groups in total. The number of halogens is 2. The van der Waals surface area contributed by atoms with Crippen LogP contribution in [-0.4, -0.2) is 30.3 Å². The second-order valence-electron chi connectivity index (χ2n) is 5.13. The summed E-state index contributed by atoms with van der Waals surface area (Å²) >= 11 is 11.9. The van der Waals surface area contributed by atoms with E-state index in [0.29, 0.717) is 32.7 Å². The number of methoxy groups -OCH3 is 2. The molecular weight excluding hydrogens is 381 g/mol. The van der Waals surface area contributed by atoms with E-state index in [9.17, 15) is 4.79 Å². The van der Waals surface area contributed by atoms with Gasteiger partial charge in [-0.2, -0.15) is 0 Å². The van der Waals surface area contributed by atoms with Crippen molar-refractivity contribution in [2.24, 2.45) is 0 Å². The maximum Gasteiger partial charge on any atom is 0.322 e. The number of carbonyl (C=O) groups excluding carboxylic acids is 1. The molecular formula is C17H13Cl2N3O4. The molecule has 0 spiro atoms. The molecule has 0 saturated heterocycles. The van der Waals surface area contributed by atoms with Crippen LogP contribution in [-0.2, 0) is 0 Å². The normalized spacial score (nSPS) is 10.5. The third-order valence-electron chi connectivity index (χ3n) is 3.37. The maximum absolute atomic E-state index is 12.4. The number of hydrogen-bond donors (Lipinski definition) is 1. The second-order valence-corrected chi connectivity index (χ2v) is 6.00. The van der Waals surface area contributed by atoms with Gasteiger partial charge in [0.15, 0.2) is 0 Å². The van der Waals surface area contributed by atoms with Crippen LogP contribution in [0.25, 0.3) is 11.5 Å². The van der Waals surface area contributed by atoms with Crippen molar-refractivity contribution in [1.29, 1.82) is 0 Å². The van der Waals surface area contributed by atoms with Crippen LogP contribution in [0.5, 0.6) is 11.5 Å². The summed E-state index contributed by atoms with van der Waals surface area (Å²) in [5.41, 5.74) is 0.852. The van der Waals surface area contributed by atoms with Gasteiger partial charge in [0, 0.05) is 27.2 Å². The van der Waals surface area contributed by atoms with Gasteiger partial charge >= 0.3 is 6.01 Å². The first-order valence-corrected chi connectivity index (χ1v) is 8.08. The Morgan fingerprint density at radius 3 is 2.15 bits per heavy atom. The number of nitrogens with zero attached hydrogens (tertiary/aromatic N) is 2. The molecule has 0 aliphatic heterocycles. The lowest BCUT2D eigenvalue weighted by molar-refractivity contribution is 0.102. The summed E-state index contributed by atoms with van der Waals surface area (Å²) in [6.07, 6.45) is 0. The zero-order valence-corrected chi connectivity index (χ0v) is 15.3. The molecule has 1 aromatic heterocycles. The first kappa shape index (κ1) is 18.0. The van der Waals surface area contributed by atoms with Crippen molar-refractivity contribution in [3.05, 3.63) is 52.0 Å². The average Bonchev–Trinajstić information content (AvgIpc) is 3.09. The van der Waals surface area contributed by atoms with Gasteiger partial charge in [-0.15, -0.1) is 5.10 Å². The van der Waals surface area contributed by atoms with Crippen LogP contribution in [0.3, 0.4) is 0 Å². The molecule has 0 fully saturated rings. The average molecular weight is 394 g/mol. The van der Waals surface area contributed by atoms with Gasteiger partial charge in [0.2, 0.25) is 5.89 Å². The summed E-state index contributed by atoms with van der Waals surface area (Å²) < 4.78 is 15.7. The largest absolute Gasteiger partial charge is 0.497 e. The molecule has 0 atom stereocenters. The molecule has 1 heterocycles. The molecule has 3 rings (SSSR count). The number of amides is 1. The summed E-state index contributed by atoms with van der Waals surface area (Å²) in [7, 11) is 2.99. The summed E-state index contributed by atoms with van der Waals surface area (Å²) in [6.45, 7) is 0. The fourth-order valence-electron chi connectivity index (χ4n) is 2.18. The minimum atomic E-state index is -0.457. The second kappa shape index (κ2) is 7.63. The number of rotatable bonds is 5. The first-order chi connectivity index (χ1) is 12.5. The van der Waals surface area contributed by atoms with E-state index in [1.165, 1.54) is 14.2 Å². The number of carbonyl (C=O) groups is 1.